The molecule has 1 atom stereocenters. The van der Waals surface area contributed by atoms with Crippen LogP contribution >= 0.6 is 12.6 Å². The summed E-state index contributed by atoms with van der Waals surface area (Å²) in [5.74, 6) is 1.63. The van der Waals surface area contributed by atoms with E-state index in [9.17, 15) is 0 Å². The van der Waals surface area contributed by atoms with Crippen molar-refractivity contribution in [2.24, 2.45) is 5.92 Å². The first-order valence-corrected chi connectivity index (χ1v) is 3.93. The van der Waals surface area contributed by atoms with Gasteiger partial charge in [-0.2, -0.15) is 12.6 Å². The molecular formula is C8H12S. The third-order valence-corrected chi connectivity index (χ3v) is 1.97. The first-order valence-electron chi connectivity index (χ1n) is 3.30. The summed E-state index contributed by atoms with van der Waals surface area (Å²) in [7, 11) is 0. The Morgan fingerprint density at radius 3 is 3.00 bits per heavy atom. The van der Waals surface area contributed by atoms with E-state index in [2.05, 4.69) is 37.8 Å². The summed E-state index contributed by atoms with van der Waals surface area (Å²) in [6.45, 7) is 2.23. The maximum atomic E-state index is 4.20. The third kappa shape index (κ3) is 1.90. The summed E-state index contributed by atoms with van der Waals surface area (Å²) in [6, 6.07) is 0. The molecule has 1 aliphatic carbocycles. The summed E-state index contributed by atoms with van der Waals surface area (Å²) in [5, 5.41) is 0. The van der Waals surface area contributed by atoms with Crippen LogP contribution in [0.15, 0.2) is 23.8 Å². The molecule has 0 saturated heterocycles. The Morgan fingerprint density at radius 2 is 2.56 bits per heavy atom. The van der Waals surface area contributed by atoms with Gasteiger partial charge in [-0.15, -0.1) is 0 Å². The topological polar surface area (TPSA) is 0 Å². The molecule has 0 fully saturated rings. The highest BCUT2D eigenvalue weighted by molar-refractivity contribution is 7.80. The van der Waals surface area contributed by atoms with Crippen LogP contribution in [0.5, 0.6) is 0 Å². The second-order valence-corrected chi connectivity index (χ2v) is 2.87. The Hall–Kier alpha value is -0.170. The fraction of sp³-hybridized carbons (Fsp3) is 0.500. The smallest absolute Gasteiger partial charge is 0.0116 e. The monoisotopic (exact) mass is 140 g/mol. The molecule has 0 heterocycles. The van der Waals surface area contributed by atoms with E-state index in [1.807, 2.05) is 0 Å². The number of hydrogen-bond donors (Lipinski definition) is 1. The summed E-state index contributed by atoms with van der Waals surface area (Å²) in [6.07, 6.45) is 7.71. The third-order valence-electron chi connectivity index (χ3n) is 1.56. The molecule has 0 aromatic heterocycles. The van der Waals surface area contributed by atoms with Gasteiger partial charge in [-0.05, 0) is 12.3 Å². The normalized spacial score (nSPS) is 26.0. The molecule has 0 bridgehead atoms. The maximum absolute atomic E-state index is 4.20. The SMILES string of the molecule is CC1C=CC=C(CS)C1. The van der Waals surface area contributed by atoms with Crippen molar-refractivity contribution in [3.63, 3.8) is 0 Å². The minimum Gasteiger partial charge on any atom is -0.175 e. The van der Waals surface area contributed by atoms with Crippen molar-refractivity contribution in [1.29, 1.82) is 0 Å². The molecule has 0 amide bonds. The lowest BCUT2D eigenvalue weighted by atomic mass is 9.97. The fourth-order valence-electron chi connectivity index (χ4n) is 1.05. The van der Waals surface area contributed by atoms with Gasteiger partial charge in [0.25, 0.3) is 0 Å². The van der Waals surface area contributed by atoms with Crippen LogP contribution in [0, 0.1) is 5.92 Å². The highest BCUT2D eigenvalue weighted by atomic mass is 32.1. The molecule has 0 radical (unpaired) electrons. The summed E-state index contributed by atoms with van der Waals surface area (Å²) >= 11 is 4.20. The van der Waals surface area contributed by atoms with E-state index >= 15 is 0 Å². The molecule has 9 heavy (non-hydrogen) atoms. The quantitative estimate of drug-likeness (QED) is 0.531. The Morgan fingerprint density at radius 1 is 1.78 bits per heavy atom. The van der Waals surface area contributed by atoms with Crippen LogP contribution in [-0.2, 0) is 0 Å². The predicted molar refractivity (Wildman–Crippen MR) is 44.9 cm³/mol. The molecule has 0 aromatic carbocycles. The molecule has 0 aromatic rings. The Labute approximate surface area is 62.1 Å². The van der Waals surface area contributed by atoms with E-state index in [-0.39, 0.29) is 0 Å². The Balaban J connectivity index is 2.55. The zero-order valence-corrected chi connectivity index (χ0v) is 6.57. The van der Waals surface area contributed by atoms with Crippen LogP contribution in [0.3, 0.4) is 0 Å². The van der Waals surface area contributed by atoms with Crippen molar-refractivity contribution >= 4 is 12.6 Å². The van der Waals surface area contributed by atoms with Gasteiger partial charge in [-0.3, -0.25) is 0 Å². The van der Waals surface area contributed by atoms with Crippen LogP contribution in [0.1, 0.15) is 13.3 Å². The van der Waals surface area contributed by atoms with E-state index in [0.29, 0.717) is 0 Å². The molecule has 0 nitrogen and oxygen atoms in total. The van der Waals surface area contributed by atoms with E-state index in [1.165, 1.54) is 12.0 Å². The second-order valence-electron chi connectivity index (χ2n) is 2.55. The predicted octanol–water partition coefficient (Wildman–Crippen LogP) is 2.44. The van der Waals surface area contributed by atoms with Crippen LogP contribution in [-0.4, -0.2) is 5.75 Å². The van der Waals surface area contributed by atoms with E-state index in [1.54, 1.807) is 0 Å². The molecule has 0 spiro atoms. The van der Waals surface area contributed by atoms with E-state index < -0.39 is 0 Å². The summed E-state index contributed by atoms with van der Waals surface area (Å²) in [4.78, 5) is 0. The van der Waals surface area contributed by atoms with Crippen LogP contribution in [0.25, 0.3) is 0 Å². The first-order chi connectivity index (χ1) is 4.33. The van der Waals surface area contributed by atoms with Gasteiger partial charge in [-0.25, -0.2) is 0 Å². The summed E-state index contributed by atoms with van der Waals surface area (Å²) in [5.41, 5.74) is 1.45. The molecule has 50 valence electrons. The lowest BCUT2D eigenvalue weighted by Crippen LogP contribution is -1.97. The lowest BCUT2D eigenvalue weighted by molar-refractivity contribution is 0.709. The van der Waals surface area contributed by atoms with Crippen molar-refractivity contribution in [2.45, 2.75) is 13.3 Å². The molecule has 1 aliphatic rings. The van der Waals surface area contributed by atoms with Gasteiger partial charge in [0.05, 0.1) is 0 Å². The van der Waals surface area contributed by atoms with E-state index in [0.717, 1.165) is 11.7 Å². The minimum absolute atomic E-state index is 0.720. The van der Waals surface area contributed by atoms with Crippen molar-refractivity contribution in [2.75, 3.05) is 5.75 Å². The van der Waals surface area contributed by atoms with Crippen molar-refractivity contribution in [3.05, 3.63) is 23.8 Å². The van der Waals surface area contributed by atoms with Gasteiger partial charge >= 0.3 is 0 Å². The number of thiol groups is 1. The molecule has 1 unspecified atom stereocenters. The van der Waals surface area contributed by atoms with Crippen LogP contribution < -0.4 is 0 Å². The first kappa shape index (κ1) is 6.94. The Bertz CT molecular complexity index is 145. The van der Waals surface area contributed by atoms with Gasteiger partial charge in [-0.1, -0.05) is 30.7 Å². The average Bonchev–Trinajstić information content (AvgIpc) is 1.88. The van der Waals surface area contributed by atoms with Gasteiger partial charge in [0, 0.05) is 5.75 Å². The number of rotatable bonds is 1. The van der Waals surface area contributed by atoms with Crippen molar-refractivity contribution in [3.8, 4) is 0 Å². The van der Waals surface area contributed by atoms with Crippen LogP contribution in [0.2, 0.25) is 0 Å². The van der Waals surface area contributed by atoms with Gasteiger partial charge in [0.1, 0.15) is 0 Å². The standard InChI is InChI=1S/C8H12S/c1-7-3-2-4-8(5-7)6-9/h2-4,7,9H,5-6H2,1H3. The fourth-order valence-corrected chi connectivity index (χ4v) is 1.28. The molecule has 1 heteroatoms. The molecule has 0 N–H and O–H groups in total. The van der Waals surface area contributed by atoms with Gasteiger partial charge in [0.2, 0.25) is 0 Å². The minimum atomic E-state index is 0.720. The van der Waals surface area contributed by atoms with Gasteiger partial charge in [0.15, 0.2) is 0 Å². The number of hydrogen-bond acceptors (Lipinski definition) is 1. The highest BCUT2D eigenvalue weighted by Gasteiger charge is 2.03. The van der Waals surface area contributed by atoms with Crippen molar-refractivity contribution in [1.82, 2.24) is 0 Å². The zero-order valence-electron chi connectivity index (χ0n) is 5.67. The average molecular weight is 140 g/mol. The highest BCUT2D eigenvalue weighted by Crippen LogP contribution is 2.17. The second kappa shape index (κ2) is 3.11. The van der Waals surface area contributed by atoms with E-state index in [4.69, 9.17) is 0 Å². The lowest BCUT2D eigenvalue weighted by Gasteiger charge is -2.11. The largest absolute Gasteiger partial charge is 0.175 e. The maximum Gasteiger partial charge on any atom is 0.0116 e. The molecular weight excluding hydrogens is 128 g/mol. The molecule has 1 rings (SSSR count). The molecule has 0 aliphatic heterocycles. The zero-order chi connectivity index (χ0) is 6.69. The van der Waals surface area contributed by atoms with Gasteiger partial charge < -0.3 is 0 Å². The Kier molecular flexibility index (Phi) is 2.40. The number of allylic oxidation sites excluding steroid dienone is 3. The molecule has 0 saturated carbocycles. The van der Waals surface area contributed by atoms with Crippen molar-refractivity contribution < 1.29 is 0 Å². The summed E-state index contributed by atoms with van der Waals surface area (Å²) < 4.78 is 0. The van der Waals surface area contributed by atoms with Crippen LogP contribution in [0.4, 0.5) is 0 Å².